The molecule has 0 unspecified atom stereocenters. The van der Waals surface area contributed by atoms with Crippen LogP contribution in [-0.2, 0) is 0 Å². The fourth-order valence-corrected chi connectivity index (χ4v) is 2.50. The van der Waals surface area contributed by atoms with Gasteiger partial charge in [0.25, 0.3) is 0 Å². The van der Waals surface area contributed by atoms with Crippen molar-refractivity contribution in [3.8, 4) is 11.5 Å². The quantitative estimate of drug-likeness (QED) is 0.319. The summed E-state index contributed by atoms with van der Waals surface area (Å²) in [6.07, 6.45) is 9.61. The Bertz CT molecular complexity index is 687. The van der Waals surface area contributed by atoms with Crippen molar-refractivity contribution < 1.29 is 14.3 Å². The first-order chi connectivity index (χ1) is 12.3. The van der Waals surface area contributed by atoms with Gasteiger partial charge in [0.2, 0.25) is 0 Å². The molecule has 0 amide bonds. The highest BCUT2D eigenvalue weighted by molar-refractivity contribution is 5.77. The number of methoxy groups -OCH3 is 1. The summed E-state index contributed by atoms with van der Waals surface area (Å²) < 4.78 is 11.3. The van der Waals surface area contributed by atoms with Crippen LogP contribution in [0.25, 0.3) is 12.2 Å². The van der Waals surface area contributed by atoms with E-state index in [1.165, 1.54) is 19.3 Å². The number of carbonyl (C=O) groups excluding carboxylic acids is 1. The zero-order valence-corrected chi connectivity index (χ0v) is 15.0. The maximum atomic E-state index is 10.7. The first-order valence-corrected chi connectivity index (χ1v) is 8.81. The Labute approximate surface area is 150 Å². The van der Waals surface area contributed by atoms with E-state index in [0.29, 0.717) is 12.2 Å². The van der Waals surface area contributed by atoms with E-state index < -0.39 is 0 Å². The molecule has 0 fully saturated rings. The van der Waals surface area contributed by atoms with E-state index in [0.717, 1.165) is 35.3 Å². The first-order valence-electron chi connectivity index (χ1n) is 8.81. The molecule has 0 heterocycles. The van der Waals surface area contributed by atoms with Crippen LogP contribution >= 0.6 is 0 Å². The summed E-state index contributed by atoms with van der Waals surface area (Å²) in [5.74, 6) is 1.53. The second-order valence-electron chi connectivity index (χ2n) is 5.94. The van der Waals surface area contributed by atoms with Crippen molar-refractivity contribution in [3.05, 3.63) is 59.2 Å². The molecule has 0 saturated heterocycles. The van der Waals surface area contributed by atoms with Gasteiger partial charge < -0.3 is 9.47 Å². The number of hydrogen-bond donors (Lipinski definition) is 0. The monoisotopic (exact) mass is 338 g/mol. The minimum atomic E-state index is 0.680. The molecule has 0 bridgehead atoms. The van der Waals surface area contributed by atoms with Crippen LogP contribution in [-0.4, -0.2) is 20.0 Å². The molecule has 0 N–H and O–H groups in total. The van der Waals surface area contributed by atoms with Gasteiger partial charge >= 0.3 is 0 Å². The number of benzene rings is 2. The fraction of sp³-hybridized carbons (Fsp3) is 0.318. The lowest BCUT2D eigenvalue weighted by molar-refractivity contribution is 0.112. The minimum absolute atomic E-state index is 0.680. The third-order valence-electron chi connectivity index (χ3n) is 3.98. The van der Waals surface area contributed by atoms with Gasteiger partial charge in [-0.1, -0.05) is 68.7 Å². The van der Waals surface area contributed by atoms with E-state index in [2.05, 4.69) is 6.92 Å². The first kappa shape index (κ1) is 18.8. The standard InChI is InChI=1S/C22H26O3/c1-3-4-5-6-15-25-21-14-13-19(16-22(21)24-2)10-7-18-8-11-20(17-23)12-9-18/h7-14,16-17H,3-6,15H2,1-2H3. The summed E-state index contributed by atoms with van der Waals surface area (Å²) in [6, 6.07) is 13.4. The van der Waals surface area contributed by atoms with E-state index in [1.807, 2.05) is 54.6 Å². The molecule has 0 radical (unpaired) electrons. The Balaban J connectivity index is 1.99. The van der Waals surface area contributed by atoms with Crippen molar-refractivity contribution in [2.24, 2.45) is 0 Å². The van der Waals surface area contributed by atoms with Gasteiger partial charge in [0.1, 0.15) is 6.29 Å². The zero-order chi connectivity index (χ0) is 17.9. The third kappa shape index (κ3) is 6.11. The maximum absolute atomic E-state index is 10.7. The Morgan fingerprint density at radius 1 is 0.840 bits per heavy atom. The van der Waals surface area contributed by atoms with Gasteiger partial charge in [-0.25, -0.2) is 0 Å². The number of unbranched alkanes of at least 4 members (excludes halogenated alkanes) is 3. The lowest BCUT2D eigenvalue weighted by atomic mass is 10.1. The van der Waals surface area contributed by atoms with Gasteiger partial charge in [0.05, 0.1) is 13.7 Å². The number of hydrogen-bond acceptors (Lipinski definition) is 3. The molecular formula is C22H26O3. The summed E-state index contributed by atoms with van der Waals surface area (Å²) in [7, 11) is 1.66. The van der Waals surface area contributed by atoms with Crippen LogP contribution in [0.5, 0.6) is 11.5 Å². The lowest BCUT2D eigenvalue weighted by Crippen LogP contribution is -1.99. The smallest absolute Gasteiger partial charge is 0.161 e. The van der Waals surface area contributed by atoms with Gasteiger partial charge in [-0.15, -0.1) is 0 Å². The van der Waals surface area contributed by atoms with E-state index in [1.54, 1.807) is 7.11 Å². The summed E-state index contributed by atoms with van der Waals surface area (Å²) in [4.78, 5) is 10.7. The minimum Gasteiger partial charge on any atom is -0.493 e. The lowest BCUT2D eigenvalue weighted by Gasteiger charge is -2.11. The molecular weight excluding hydrogens is 312 g/mol. The van der Waals surface area contributed by atoms with Gasteiger partial charge in [-0.2, -0.15) is 0 Å². The summed E-state index contributed by atoms with van der Waals surface area (Å²) in [6.45, 7) is 2.92. The normalized spacial score (nSPS) is 10.8. The van der Waals surface area contributed by atoms with E-state index >= 15 is 0 Å². The molecule has 0 aliphatic carbocycles. The highest BCUT2D eigenvalue weighted by Crippen LogP contribution is 2.29. The Hall–Kier alpha value is -2.55. The number of rotatable bonds is 10. The van der Waals surface area contributed by atoms with Crippen LogP contribution in [0.2, 0.25) is 0 Å². The number of aldehydes is 1. The van der Waals surface area contributed by atoms with Crippen molar-refractivity contribution in [1.29, 1.82) is 0 Å². The van der Waals surface area contributed by atoms with Crippen LogP contribution in [0.3, 0.4) is 0 Å². The Morgan fingerprint density at radius 2 is 1.52 bits per heavy atom. The molecule has 25 heavy (non-hydrogen) atoms. The zero-order valence-electron chi connectivity index (χ0n) is 15.0. The second-order valence-corrected chi connectivity index (χ2v) is 5.94. The van der Waals surface area contributed by atoms with Gasteiger partial charge in [0.15, 0.2) is 11.5 Å². The molecule has 0 aliphatic heterocycles. The van der Waals surface area contributed by atoms with Gasteiger partial charge in [0, 0.05) is 5.56 Å². The molecule has 0 spiro atoms. The van der Waals surface area contributed by atoms with Crippen molar-refractivity contribution >= 4 is 18.4 Å². The molecule has 0 aromatic heterocycles. The van der Waals surface area contributed by atoms with Crippen LogP contribution in [0.15, 0.2) is 42.5 Å². The molecule has 2 aromatic carbocycles. The molecule has 0 atom stereocenters. The molecule has 2 rings (SSSR count). The molecule has 0 saturated carbocycles. The van der Waals surface area contributed by atoms with Gasteiger partial charge in [-0.05, 0) is 29.7 Å². The summed E-state index contributed by atoms with van der Waals surface area (Å²) >= 11 is 0. The second kappa shape index (κ2) is 10.3. The number of ether oxygens (including phenoxy) is 2. The largest absolute Gasteiger partial charge is 0.493 e. The Kier molecular flexibility index (Phi) is 7.77. The van der Waals surface area contributed by atoms with E-state index in [9.17, 15) is 4.79 Å². The van der Waals surface area contributed by atoms with Crippen LogP contribution < -0.4 is 9.47 Å². The summed E-state index contributed by atoms with van der Waals surface area (Å²) in [5, 5.41) is 0. The molecule has 3 heteroatoms. The van der Waals surface area contributed by atoms with Crippen LogP contribution in [0.4, 0.5) is 0 Å². The predicted molar refractivity (Wildman–Crippen MR) is 103 cm³/mol. The van der Waals surface area contributed by atoms with Crippen molar-refractivity contribution in [3.63, 3.8) is 0 Å². The highest BCUT2D eigenvalue weighted by Gasteiger charge is 2.04. The highest BCUT2D eigenvalue weighted by atomic mass is 16.5. The third-order valence-corrected chi connectivity index (χ3v) is 3.98. The van der Waals surface area contributed by atoms with Crippen LogP contribution in [0, 0.1) is 0 Å². The summed E-state index contributed by atoms with van der Waals surface area (Å²) in [5.41, 5.74) is 2.76. The fourth-order valence-electron chi connectivity index (χ4n) is 2.50. The van der Waals surface area contributed by atoms with Gasteiger partial charge in [-0.3, -0.25) is 4.79 Å². The number of carbonyl (C=O) groups is 1. The predicted octanol–water partition coefficient (Wildman–Crippen LogP) is 5.64. The molecule has 2 aromatic rings. The van der Waals surface area contributed by atoms with Crippen molar-refractivity contribution in [2.75, 3.05) is 13.7 Å². The molecule has 0 aliphatic rings. The molecule has 132 valence electrons. The maximum Gasteiger partial charge on any atom is 0.161 e. The average molecular weight is 338 g/mol. The SMILES string of the molecule is CCCCCCOc1ccc(C=Cc2ccc(C=O)cc2)cc1OC. The topological polar surface area (TPSA) is 35.5 Å². The van der Waals surface area contributed by atoms with E-state index in [-0.39, 0.29) is 0 Å². The Morgan fingerprint density at radius 3 is 2.20 bits per heavy atom. The van der Waals surface area contributed by atoms with E-state index in [4.69, 9.17) is 9.47 Å². The molecule has 3 nitrogen and oxygen atoms in total. The average Bonchev–Trinajstić information content (AvgIpc) is 2.67. The van der Waals surface area contributed by atoms with Crippen LogP contribution in [0.1, 0.15) is 54.1 Å². The van der Waals surface area contributed by atoms with Crippen molar-refractivity contribution in [1.82, 2.24) is 0 Å². The van der Waals surface area contributed by atoms with Crippen molar-refractivity contribution in [2.45, 2.75) is 32.6 Å².